The van der Waals surface area contributed by atoms with Crippen LogP contribution in [0, 0.1) is 22.7 Å². The molecule has 0 atom stereocenters. The Morgan fingerprint density at radius 2 is 1.36 bits per heavy atom. The lowest BCUT2D eigenvalue weighted by molar-refractivity contribution is 1.46. The van der Waals surface area contributed by atoms with Gasteiger partial charge >= 0.3 is 0 Å². The van der Waals surface area contributed by atoms with Gasteiger partial charge in [-0.15, -0.1) is 0 Å². The Bertz CT molecular complexity index is 926. The molecule has 102 valence electrons. The van der Waals surface area contributed by atoms with Gasteiger partial charge in [0, 0.05) is 0 Å². The van der Waals surface area contributed by atoms with Crippen LogP contribution in [-0.2, 0) is 0 Å². The number of hydrogen-bond acceptors (Lipinski definition) is 2. The molecule has 0 amide bonds. The molecule has 22 heavy (non-hydrogen) atoms. The maximum absolute atomic E-state index is 8.79. The van der Waals surface area contributed by atoms with E-state index in [-0.39, 0.29) is 5.57 Å². The fraction of sp³-hybridized carbons (Fsp3) is 0. The molecule has 2 heteroatoms. The van der Waals surface area contributed by atoms with Gasteiger partial charge in [-0.25, -0.2) is 0 Å². The first-order valence-corrected chi connectivity index (χ1v) is 6.92. The first-order chi connectivity index (χ1) is 10.8. The van der Waals surface area contributed by atoms with Crippen LogP contribution in [0.25, 0.3) is 27.6 Å². The molecule has 0 spiro atoms. The number of hydrogen-bond donors (Lipinski definition) is 0. The molecule has 0 saturated carbocycles. The van der Waals surface area contributed by atoms with Crippen molar-refractivity contribution >= 4 is 27.6 Å². The molecule has 0 aliphatic carbocycles. The highest BCUT2D eigenvalue weighted by Gasteiger charge is 2.04. The van der Waals surface area contributed by atoms with Crippen molar-refractivity contribution in [3.63, 3.8) is 0 Å². The fourth-order valence-corrected chi connectivity index (χ4v) is 2.57. The molecule has 0 saturated heterocycles. The van der Waals surface area contributed by atoms with E-state index >= 15 is 0 Å². The number of benzene rings is 3. The molecule has 2 nitrogen and oxygen atoms in total. The molecule has 0 radical (unpaired) electrons. The summed E-state index contributed by atoms with van der Waals surface area (Å²) in [5, 5.41) is 22.2. The number of fused-ring (bicyclic) bond motifs is 2. The van der Waals surface area contributed by atoms with Gasteiger partial charge < -0.3 is 0 Å². The van der Waals surface area contributed by atoms with Gasteiger partial charge in [0.15, 0.2) is 0 Å². The third-order valence-corrected chi connectivity index (χ3v) is 3.58. The summed E-state index contributed by atoms with van der Waals surface area (Å²) in [6.45, 7) is 0. The lowest BCUT2D eigenvalue weighted by Crippen LogP contribution is -1.83. The normalized spacial score (nSPS) is 10.5. The van der Waals surface area contributed by atoms with E-state index in [0.29, 0.717) is 0 Å². The van der Waals surface area contributed by atoms with E-state index in [1.807, 2.05) is 42.5 Å². The Morgan fingerprint density at radius 3 is 1.91 bits per heavy atom. The van der Waals surface area contributed by atoms with E-state index in [1.54, 1.807) is 6.08 Å². The van der Waals surface area contributed by atoms with Crippen LogP contribution in [-0.4, -0.2) is 0 Å². The van der Waals surface area contributed by atoms with Crippen molar-refractivity contribution in [2.75, 3.05) is 0 Å². The number of nitrogens with zero attached hydrogens (tertiary/aromatic N) is 2. The van der Waals surface area contributed by atoms with Gasteiger partial charge in [0.2, 0.25) is 0 Å². The molecule has 3 aromatic carbocycles. The lowest BCUT2D eigenvalue weighted by atomic mass is 9.96. The van der Waals surface area contributed by atoms with Crippen LogP contribution in [0.4, 0.5) is 0 Å². The number of rotatable bonds is 2. The van der Waals surface area contributed by atoms with E-state index < -0.39 is 0 Å². The second kappa shape index (κ2) is 5.95. The lowest BCUT2D eigenvalue weighted by Gasteiger charge is -2.08. The third-order valence-electron chi connectivity index (χ3n) is 3.58. The molecular formula is C20H12N2. The topological polar surface area (TPSA) is 47.6 Å². The molecular weight excluding hydrogens is 268 g/mol. The van der Waals surface area contributed by atoms with Crippen molar-refractivity contribution < 1.29 is 0 Å². The minimum absolute atomic E-state index is 0.0980. The average Bonchev–Trinajstić information content (AvgIpc) is 2.58. The zero-order chi connectivity index (χ0) is 15.4. The maximum atomic E-state index is 8.79. The van der Waals surface area contributed by atoms with E-state index in [4.69, 9.17) is 10.5 Å². The standard InChI is InChI=1S/C20H12N2/c21-13-15(14-22)6-5-11-20-18-9-3-1-7-16(18)12-17-8-2-4-10-19(17)20/h1-12H/b11-5+. The molecule has 0 heterocycles. The summed E-state index contributed by atoms with van der Waals surface area (Å²) >= 11 is 0. The van der Waals surface area contributed by atoms with E-state index in [9.17, 15) is 0 Å². The minimum Gasteiger partial charge on any atom is -0.192 e. The van der Waals surface area contributed by atoms with Crippen LogP contribution in [0.15, 0.2) is 72.3 Å². The number of nitriles is 2. The van der Waals surface area contributed by atoms with E-state index in [2.05, 4.69) is 30.3 Å². The van der Waals surface area contributed by atoms with Crippen LogP contribution >= 0.6 is 0 Å². The van der Waals surface area contributed by atoms with Gasteiger partial charge in [0.05, 0.1) is 0 Å². The minimum atomic E-state index is 0.0980. The quantitative estimate of drug-likeness (QED) is 0.377. The highest BCUT2D eigenvalue weighted by Crippen LogP contribution is 2.29. The van der Waals surface area contributed by atoms with Crippen LogP contribution in [0.1, 0.15) is 5.56 Å². The predicted octanol–water partition coefficient (Wildman–Crippen LogP) is 4.98. The molecule has 0 fully saturated rings. The van der Waals surface area contributed by atoms with Crippen LogP contribution < -0.4 is 0 Å². The van der Waals surface area contributed by atoms with Gasteiger partial charge in [0.25, 0.3) is 0 Å². The predicted molar refractivity (Wildman–Crippen MR) is 89.8 cm³/mol. The summed E-state index contributed by atoms with van der Waals surface area (Å²) in [7, 11) is 0. The zero-order valence-electron chi connectivity index (χ0n) is 11.8. The van der Waals surface area contributed by atoms with E-state index in [0.717, 1.165) is 16.3 Å². The van der Waals surface area contributed by atoms with Crippen molar-refractivity contribution in [2.24, 2.45) is 0 Å². The molecule has 3 rings (SSSR count). The first-order valence-electron chi connectivity index (χ1n) is 6.92. The molecule has 0 aliphatic rings. The smallest absolute Gasteiger partial charge is 0.129 e. The van der Waals surface area contributed by atoms with Crippen molar-refractivity contribution in [1.29, 1.82) is 10.5 Å². The van der Waals surface area contributed by atoms with Gasteiger partial charge in [-0.3, -0.25) is 0 Å². The largest absolute Gasteiger partial charge is 0.192 e. The second-order valence-corrected chi connectivity index (χ2v) is 4.90. The summed E-state index contributed by atoms with van der Waals surface area (Å²) < 4.78 is 0. The Balaban J connectivity index is 2.26. The van der Waals surface area contributed by atoms with Crippen molar-refractivity contribution in [3.05, 3.63) is 77.9 Å². The van der Waals surface area contributed by atoms with Crippen LogP contribution in [0.2, 0.25) is 0 Å². The maximum Gasteiger partial charge on any atom is 0.129 e. The average molecular weight is 280 g/mol. The summed E-state index contributed by atoms with van der Waals surface area (Å²) in [5.41, 5.74) is 1.20. The third kappa shape index (κ3) is 2.46. The van der Waals surface area contributed by atoms with Crippen LogP contribution in [0.3, 0.4) is 0 Å². The number of allylic oxidation sites excluding steroid dienone is 3. The van der Waals surface area contributed by atoms with Gasteiger partial charge in [-0.05, 0) is 39.3 Å². The molecule has 0 aromatic heterocycles. The summed E-state index contributed by atoms with van der Waals surface area (Å²) in [6.07, 6.45) is 5.26. The zero-order valence-corrected chi connectivity index (χ0v) is 11.8. The molecule has 0 unspecified atom stereocenters. The Hall–Kier alpha value is -3.36. The van der Waals surface area contributed by atoms with E-state index in [1.165, 1.54) is 16.8 Å². The molecule has 3 aromatic rings. The summed E-state index contributed by atoms with van der Waals surface area (Å²) in [4.78, 5) is 0. The first kappa shape index (κ1) is 13.6. The van der Waals surface area contributed by atoms with Gasteiger partial charge in [-0.1, -0.05) is 60.7 Å². The SMILES string of the molecule is N#CC(C#N)=C/C=C/c1c2ccccc2cc2ccccc12. The van der Waals surface area contributed by atoms with Crippen LogP contribution in [0.5, 0.6) is 0 Å². The Kier molecular flexibility index (Phi) is 3.69. The molecule has 0 N–H and O–H groups in total. The van der Waals surface area contributed by atoms with Gasteiger partial charge in [0.1, 0.15) is 17.7 Å². The summed E-state index contributed by atoms with van der Waals surface area (Å²) in [5.74, 6) is 0. The second-order valence-electron chi connectivity index (χ2n) is 4.90. The monoisotopic (exact) mass is 280 g/mol. The van der Waals surface area contributed by atoms with Crippen molar-refractivity contribution in [1.82, 2.24) is 0 Å². The molecule has 0 bridgehead atoms. The molecule has 0 aliphatic heterocycles. The highest BCUT2D eigenvalue weighted by molar-refractivity contribution is 6.06. The van der Waals surface area contributed by atoms with Gasteiger partial charge in [-0.2, -0.15) is 10.5 Å². The van der Waals surface area contributed by atoms with Crippen molar-refractivity contribution in [2.45, 2.75) is 0 Å². The Morgan fingerprint density at radius 1 is 0.818 bits per heavy atom. The Labute approximate surface area is 128 Å². The summed E-state index contributed by atoms with van der Waals surface area (Å²) in [6, 6.07) is 22.3. The fourth-order valence-electron chi connectivity index (χ4n) is 2.57. The highest BCUT2D eigenvalue weighted by atomic mass is 14.3. The van der Waals surface area contributed by atoms with Crippen molar-refractivity contribution in [3.8, 4) is 12.1 Å².